The molecular formula is C13H20ClNO2S. The lowest BCUT2D eigenvalue weighted by Gasteiger charge is -2.18. The summed E-state index contributed by atoms with van der Waals surface area (Å²) in [4.78, 5) is 0.362. The van der Waals surface area contributed by atoms with Crippen LogP contribution in [0.15, 0.2) is 29.2 Å². The van der Waals surface area contributed by atoms with E-state index in [0.29, 0.717) is 23.9 Å². The molecule has 102 valence electrons. The van der Waals surface area contributed by atoms with E-state index in [2.05, 4.69) is 0 Å². The summed E-state index contributed by atoms with van der Waals surface area (Å²) in [5, 5.41) is 0. The predicted octanol–water partition coefficient (Wildman–Crippen LogP) is 2.89. The van der Waals surface area contributed by atoms with Crippen molar-refractivity contribution in [2.75, 3.05) is 19.0 Å². The van der Waals surface area contributed by atoms with Gasteiger partial charge in [-0.05, 0) is 30.5 Å². The smallest absolute Gasteiger partial charge is 0.207 e. The molecule has 0 saturated carbocycles. The molecule has 0 aromatic heterocycles. The molecule has 0 unspecified atom stereocenters. The molecule has 0 aliphatic rings. The molecule has 1 aromatic rings. The summed E-state index contributed by atoms with van der Waals surface area (Å²) in [6, 6.07) is 7.08. The van der Waals surface area contributed by atoms with E-state index in [0.717, 1.165) is 18.4 Å². The van der Waals surface area contributed by atoms with Crippen LogP contribution in [0.5, 0.6) is 0 Å². The Hall–Kier alpha value is -0.580. The maximum atomic E-state index is 12.2. The number of halogens is 1. The summed E-state index contributed by atoms with van der Waals surface area (Å²) < 4.78 is 25.9. The van der Waals surface area contributed by atoms with E-state index in [4.69, 9.17) is 11.6 Å². The highest BCUT2D eigenvalue weighted by molar-refractivity contribution is 7.89. The fourth-order valence-corrected chi connectivity index (χ4v) is 3.40. The van der Waals surface area contributed by atoms with Gasteiger partial charge in [-0.25, -0.2) is 8.42 Å². The molecule has 18 heavy (non-hydrogen) atoms. The Labute approximate surface area is 115 Å². The van der Waals surface area contributed by atoms with Crippen LogP contribution in [0.3, 0.4) is 0 Å². The standard InChI is InChI=1S/C13H20ClNO2S/c1-3-15(4-2)18(16,17)13-9-7-12(8-10-13)6-5-11-14/h7-10H,3-6,11H2,1-2H3. The summed E-state index contributed by atoms with van der Waals surface area (Å²) in [5.74, 6) is 0.625. The predicted molar refractivity (Wildman–Crippen MR) is 75.6 cm³/mol. The Balaban J connectivity index is 2.90. The van der Waals surface area contributed by atoms with Gasteiger partial charge in [0.25, 0.3) is 0 Å². The topological polar surface area (TPSA) is 37.4 Å². The number of hydrogen-bond acceptors (Lipinski definition) is 2. The molecule has 0 radical (unpaired) electrons. The molecule has 5 heteroatoms. The number of rotatable bonds is 7. The number of aryl methyl sites for hydroxylation is 1. The third-order valence-electron chi connectivity index (χ3n) is 2.87. The first-order chi connectivity index (χ1) is 8.56. The second-order valence-corrected chi connectivity index (χ2v) is 6.34. The van der Waals surface area contributed by atoms with E-state index < -0.39 is 10.0 Å². The first-order valence-electron chi connectivity index (χ1n) is 6.21. The molecule has 0 saturated heterocycles. The minimum absolute atomic E-state index is 0.362. The normalized spacial score (nSPS) is 12.0. The van der Waals surface area contributed by atoms with Crippen LogP contribution in [-0.4, -0.2) is 31.7 Å². The van der Waals surface area contributed by atoms with Crippen LogP contribution in [0, 0.1) is 0 Å². The van der Waals surface area contributed by atoms with Crippen molar-refractivity contribution in [2.24, 2.45) is 0 Å². The zero-order chi connectivity index (χ0) is 13.6. The van der Waals surface area contributed by atoms with Crippen LogP contribution in [0.4, 0.5) is 0 Å². The van der Waals surface area contributed by atoms with Gasteiger partial charge in [0, 0.05) is 19.0 Å². The van der Waals surface area contributed by atoms with E-state index in [1.54, 1.807) is 12.1 Å². The maximum Gasteiger partial charge on any atom is 0.243 e. The number of nitrogens with zero attached hydrogens (tertiary/aromatic N) is 1. The number of alkyl halides is 1. The van der Waals surface area contributed by atoms with E-state index in [9.17, 15) is 8.42 Å². The van der Waals surface area contributed by atoms with Gasteiger partial charge >= 0.3 is 0 Å². The molecule has 0 heterocycles. The summed E-state index contributed by atoms with van der Waals surface area (Å²) >= 11 is 5.63. The van der Waals surface area contributed by atoms with Gasteiger partial charge < -0.3 is 0 Å². The highest BCUT2D eigenvalue weighted by Crippen LogP contribution is 2.16. The quantitative estimate of drug-likeness (QED) is 0.724. The average Bonchev–Trinajstić information content (AvgIpc) is 2.38. The minimum Gasteiger partial charge on any atom is -0.207 e. The van der Waals surface area contributed by atoms with Gasteiger partial charge in [0.2, 0.25) is 10.0 Å². The zero-order valence-electron chi connectivity index (χ0n) is 10.9. The van der Waals surface area contributed by atoms with Gasteiger partial charge in [0.15, 0.2) is 0 Å². The summed E-state index contributed by atoms with van der Waals surface area (Å²) in [5.41, 5.74) is 1.12. The molecule has 0 spiro atoms. The fourth-order valence-electron chi connectivity index (χ4n) is 1.81. The van der Waals surface area contributed by atoms with E-state index in [-0.39, 0.29) is 0 Å². The van der Waals surface area contributed by atoms with Crippen LogP contribution in [-0.2, 0) is 16.4 Å². The van der Waals surface area contributed by atoms with Crippen molar-refractivity contribution in [3.63, 3.8) is 0 Å². The lowest BCUT2D eigenvalue weighted by Crippen LogP contribution is -2.30. The van der Waals surface area contributed by atoms with Crippen LogP contribution in [0.2, 0.25) is 0 Å². The molecule has 0 N–H and O–H groups in total. The molecule has 0 atom stereocenters. The highest BCUT2D eigenvalue weighted by Gasteiger charge is 2.20. The van der Waals surface area contributed by atoms with Crippen molar-refractivity contribution in [3.8, 4) is 0 Å². The van der Waals surface area contributed by atoms with Gasteiger partial charge in [0.05, 0.1) is 4.90 Å². The maximum absolute atomic E-state index is 12.2. The van der Waals surface area contributed by atoms with Crippen LogP contribution in [0.25, 0.3) is 0 Å². The molecule has 0 bridgehead atoms. The second-order valence-electron chi connectivity index (χ2n) is 4.03. The molecule has 0 aliphatic heterocycles. The SMILES string of the molecule is CCN(CC)S(=O)(=O)c1ccc(CCCCl)cc1. The van der Waals surface area contributed by atoms with E-state index >= 15 is 0 Å². The fraction of sp³-hybridized carbons (Fsp3) is 0.538. The Morgan fingerprint density at radius 3 is 2.11 bits per heavy atom. The van der Waals surface area contributed by atoms with Gasteiger partial charge in [0.1, 0.15) is 0 Å². The van der Waals surface area contributed by atoms with Crippen molar-refractivity contribution in [2.45, 2.75) is 31.6 Å². The summed E-state index contributed by atoms with van der Waals surface area (Å²) in [7, 11) is -3.33. The Bertz CT molecular complexity index is 452. The number of benzene rings is 1. The van der Waals surface area contributed by atoms with Crippen LogP contribution in [0.1, 0.15) is 25.8 Å². The minimum atomic E-state index is -3.33. The third kappa shape index (κ3) is 3.70. The molecule has 1 rings (SSSR count). The van der Waals surface area contributed by atoms with E-state index in [1.165, 1.54) is 4.31 Å². The summed E-state index contributed by atoms with van der Waals surface area (Å²) in [6.07, 6.45) is 1.79. The molecule has 0 fully saturated rings. The van der Waals surface area contributed by atoms with E-state index in [1.807, 2.05) is 26.0 Å². The second kappa shape index (κ2) is 7.12. The Morgan fingerprint density at radius 1 is 1.11 bits per heavy atom. The first-order valence-corrected chi connectivity index (χ1v) is 8.18. The van der Waals surface area contributed by atoms with Crippen molar-refractivity contribution < 1.29 is 8.42 Å². The molecule has 3 nitrogen and oxygen atoms in total. The highest BCUT2D eigenvalue weighted by atomic mass is 35.5. The largest absolute Gasteiger partial charge is 0.243 e. The number of hydrogen-bond donors (Lipinski definition) is 0. The van der Waals surface area contributed by atoms with Gasteiger partial charge in [-0.3, -0.25) is 0 Å². The monoisotopic (exact) mass is 289 g/mol. The molecule has 1 aromatic carbocycles. The molecular weight excluding hydrogens is 270 g/mol. The lowest BCUT2D eigenvalue weighted by molar-refractivity contribution is 0.445. The average molecular weight is 290 g/mol. The first kappa shape index (κ1) is 15.5. The van der Waals surface area contributed by atoms with Gasteiger partial charge in [-0.15, -0.1) is 11.6 Å². The number of sulfonamides is 1. The van der Waals surface area contributed by atoms with Gasteiger partial charge in [-0.2, -0.15) is 4.31 Å². The van der Waals surface area contributed by atoms with Gasteiger partial charge in [-0.1, -0.05) is 26.0 Å². The Kier molecular flexibility index (Phi) is 6.12. The van der Waals surface area contributed by atoms with Crippen molar-refractivity contribution in [1.82, 2.24) is 4.31 Å². The lowest BCUT2D eigenvalue weighted by atomic mass is 10.1. The van der Waals surface area contributed by atoms with Crippen molar-refractivity contribution in [3.05, 3.63) is 29.8 Å². The third-order valence-corrected chi connectivity index (χ3v) is 5.20. The van der Waals surface area contributed by atoms with Crippen LogP contribution < -0.4 is 0 Å². The van der Waals surface area contributed by atoms with Crippen molar-refractivity contribution >= 4 is 21.6 Å². The van der Waals surface area contributed by atoms with Crippen LogP contribution >= 0.6 is 11.6 Å². The summed E-state index contributed by atoms with van der Waals surface area (Å²) in [6.45, 7) is 4.67. The zero-order valence-corrected chi connectivity index (χ0v) is 12.5. The molecule has 0 amide bonds. The molecule has 0 aliphatic carbocycles. The Morgan fingerprint density at radius 2 is 1.67 bits per heavy atom. The van der Waals surface area contributed by atoms with Crippen molar-refractivity contribution in [1.29, 1.82) is 0 Å².